The molecule has 7 heteroatoms. The first-order chi connectivity index (χ1) is 13.3. The molecule has 6 nitrogen and oxygen atoms in total. The molecule has 1 aliphatic carbocycles. The summed E-state index contributed by atoms with van der Waals surface area (Å²) in [5.41, 5.74) is 1.75. The van der Waals surface area contributed by atoms with Gasteiger partial charge < -0.3 is 9.88 Å². The van der Waals surface area contributed by atoms with Gasteiger partial charge in [-0.1, -0.05) is 30.0 Å². The Morgan fingerprint density at radius 2 is 2.04 bits per heavy atom. The molecule has 2 heterocycles. The van der Waals surface area contributed by atoms with Crippen molar-refractivity contribution in [3.8, 4) is 11.4 Å². The monoisotopic (exact) mass is 379 g/mol. The average Bonchev–Trinajstić information content (AvgIpc) is 3.47. The van der Waals surface area contributed by atoms with Gasteiger partial charge in [0.05, 0.1) is 5.25 Å². The lowest BCUT2D eigenvalue weighted by Gasteiger charge is -2.16. The lowest BCUT2D eigenvalue weighted by atomic mass is 10.2. The highest BCUT2D eigenvalue weighted by Gasteiger charge is 2.38. The molecule has 1 atom stereocenters. The zero-order valence-corrected chi connectivity index (χ0v) is 15.9. The molecule has 1 aliphatic rings. The van der Waals surface area contributed by atoms with Crippen LogP contribution in [0.3, 0.4) is 0 Å². The second-order valence-electron chi connectivity index (χ2n) is 6.52. The number of carbonyl (C=O) groups excluding carboxylic acids is 1. The number of aromatic nitrogens is 4. The van der Waals surface area contributed by atoms with Gasteiger partial charge in [-0.15, -0.1) is 10.2 Å². The summed E-state index contributed by atoms with van der Waals surface area (Å²) >= 11 is 1.51. The summed E-state index contributed by atoms with van der Waals surface area (Å²) in [6.07, 6.45) is 5.68. The number of rotatable bonds is 7. The van der Waals surface area contributed by atoms with Crippen LogP contribution in [0.2, 0.25) is 0 Å². The Balaban J connectivity index is 1.56. The van der Waals surface area contributed by atoms with E-state index < -0.39 is 0 Å². The van der Waals surface area contributed by atoms with Gasteiger partial charge in [0.1, 0.15) is 0 Å². The van der Waals surface area contributed by atoms with Crippen LogP contribution in [0.25, 0.3) is 11.4 Å². The van der Waals surface area contributed by atoms with Gasteiger partial charge in [0.15, 0.2) is 11.0 Å². The number of hydrogen-bond acceptors (Lipinski definition) is 5. The van der Waals surface area contributed by atoms with Crippen molar-refractivity contribution in [3.63, 3.8) is 0 Å². The van der Waals surface area contributed by atoms with Crippen LogP contribution < -0.4 is 5.32 Å². The lowest BCUT2D eigenvalue weighted by Crippen LogP contribution is -2.27. The maximum Gasteiger partial charge on any atom is 0.238 e. The molecule has 0 aliphatic heterocycles. The highest BCUT2D eigenvalue weighted by Crippen LogP contribution is 2.42. The van der Waals surface area contributed by atoms with Crippen LogP contribution in [0.5, 0.6) is 0 Å². The smallest absolute Gasteiger partial charge is 0.238 e. The zero-order chi connectivity index (χ0) is 18.6. The fraction of sp³-hybridized carbons (Fsp3) is 0.300. The van der Waals surface area contributed by atoms with E-state index in [1.807, 2.05) is 47.0 Å². The molecule has 0 bridgehead atoms. The van der Waals surface area contributed by atoms with E-state index in [2.05, 4.69) is 27.4 Å². The molecule has 0 radical (unpaired) electrons. The second kappa shape index (κ2) is 7.92. The van der Waals surface area contributed by atoms with Crippen molar-refractivity contribution < 1.29 is 4.79 Å². The van der Waals surface area contributed by atoms with Crippen molar-refractivity contribution in [2.45, 2.75) is 36.7 Å². The minimum atomic E-state index is -0.165. The SMILES string of the molecule is CCn1c(SC(C(=O)Nc2ccccc2)C2CC2)nnc1-c1cccnc1. The highest BCUT2D eigenvalue weighted by molar-refractivity contribution is 8.00. The molecular weight excluding hydrogens is 358 g/mol. The number of hydrogen-bond donors (Lipinski definition) is 1. The van der Waals surface area contributed by atoms with Crippen molar-refractivity contribution in [2.24, 2.45) is 5.92 Å². The van der Waals surface area contributed by atoms with Crippen LogP contribution in [-0.2, 0) is 11.3 Å². The van der Waals surface area contributed by atoms with E-state index in [9.17, 15) is 4.79 Å². The van der Waals surface area contributed by atoms with Gasteiger partial charge in [0, 0.05) is 30.2 Å². The van der Waals surface area contributed by atoms with E-state index in [4.69, 9.17) is 0 Å². The summed E-state index contributed by atoms with van der Waals surface area (Å²) in [7, 11) is 0. The molecule has 1 N–H and O–H groups in total. The number of para-hydroxylation sites is 1. The quantitative estimate of drug-likeness (QED) is 0.631. The van der Waals surface area contributed by atoms with Gasteiger partial charge in [0.2, 0.25) is 5.91 Å². The Labute approximate surface area is 162 Å². The van der Waals surface area contributed by atoms with Crippen LogP contribution in [0.4, 0.5) is 5.69 Å². The molecule has 0 spiro atoms. The summed E-state index contributed by atoms with van der Waals surface area (Å²) in [6, 6.07) is 13.4. The normalized spacial score (nSPS) is 14.7. The summed E-state index contributed by atoms with van der Waals surface area (Å²) in [5.74, 6) is 1.20. The van der Waals surface area contributed by atoms with Crippen molar-refractivity contribution in [3.05, 3.63) is 54.9 Å². The topological polar surface area (TPSA) is 72.7 Å². The van der Waals surface area contributed by atoms with Crippen LogP contribution in [-0.4, -0.2) is 30.9 Å². The van der Waals surface area contributed by atoms with Crippen molar-refractivity contribution >= 4 is 23.4 Å². The third-order valence-electron chi connectivity index (χ3n) is 4.54. The van der Waals surface area contributed by atoms with E-state index in [1.165, 1.54) is 11.8 Å². The molecule has 1 aromatic carbocycles. The molecular formula is C20H21N5OS. The summed E-state index contributed by atoms with van der Waals surface area (Å²) in [6.45, 7) is 2.79. The predicted molar refractivity (Wildman–Crippen MR) is 106 cm³/mol. The Kier molecular flexibility index (Phi) is 5.20. The van der Waals surface area contributed by atoms with Crippen LogP contribution in [0.1, 0.15) is 19.8 Å². The summed E-state index contributed by atoms with van der Waals surface area (Å²) in [4.78, 5) is 17.0. The highest BCUT2D eigenvalue weighted by atomic mass is 32.2. The third-order valence-corrected chi connectivity index (χ3v) is 5.90. The number of thioether (sulfide) groups is 1. The fourth-order valence-corrected chi connectivity index (χ4v) is 4.27. The number of amides is 1. The van der Waals surface area contributed by atoms with E-state index in [-0.39, 0.29) is 11.2 Å². The predicted octanol–water partition coefficient (Wildman–Crippen LogP) is 3.87. The fourth-order valence-electron chi connectivity index (χ4n) is 2.98. The Morgan fingerprint density at radius 1 is 1.22 bits per heavy atom. The molecule has 1 saturated carbocycles. The van der Waals surface area contributed by atoms with Crippen molar-refractivity contribution in [2.75, 3.05) is 5.32 Å². The molecule has 27 heavy (non-hydrogen) atoms. The maximum absolute atomic E-state index is 12.9. The summed E-state index contributed by atoms with van der Waals surface area (Å²) in [5, 5.41) is 12.4. The zero-order valence-electron chi connectivity index (χ0n) is 15.1. The van der Waals surface area contributed by atoms with E-state index in [0.29, 0.717) is 5.92 Å². The first-order valence-electron chi connectivity index (χ1n) is 9.12. The second-order valence-corrected chi connectivity index (χ2v) is 7.63. The Bertz CT molecular complexity index is 909. The Morgan fingerprint density at radius 3 is 2.70 bits per heavy atom. The van der Waals surface area contributed by atoms with Gasteiger partial charge in [0.25, 0.3) is 0 Å². The van der Waals surface area contributed by atoms with Gasteiger partial charge in [-0.25, -0.2) is 0 Å². The number of anilines is 1. The minimum Gasteiger partial charge on any atom is -0.325 e. The molecule has 3 aromatic rings. The molecule has 4 rings (SSSR count). The third kappa shape index (κ3) is 4.03. The minimum absolute atomic E-state index is 0.0299. The van der Waals surface area contributed by atoms with Gasteiger partial charge >= 0.3 is 0 Å². The average molecular weight is 379 g/mol. The Hall–Kier alpha value is -2.67. The molecule has 0 saturated heterocycles. The standard InChI is InChI=1S/C20H21N5OS/c1-2-25-18(15-7-6-12-21-13-15)23-24-20(25)27-17(14-10-11-14)19(26)22-16-8-4-3-5-9-16/h3-9,12-14,17H,2,10-11H2,1H3,(H,22,26). The van der Waals surface area contributed by atoms with E-state index in [1.54, 1.807) is 12.4 Å². The van der Waals surface area contributed by atoms with Crippen LogP contribution in [0, 0.1) is 5.92 Å². The first-order valence-corrected chi connectivity index (χ1v) is 10.0. The number of carbonyl (C=O) groups is 1. The number of nitrogens with one attached hydrogen (secondary N) is 1. The van der Waals surface area contributed by atoms with E-state index in [0.717, 1.165) is 41.6 Å². The molecule has 1 fully saturated rings. The largest absolute Gasteiger partial charge is 0.325 e. The molecule has 2 aromatic heterocycles. The van der Waals surface area contributed by atoms with Gasteiger partial charge in [-0.05, 0) is 49.9 Å². The van der Waals surface area contributed by atoms with Crippen molar-refractivity contribution in [1.29, 1.82) is 0 Å². The van der Waals surface area contributed by atoms with Gasteiger partial charge in [-0.3, -0.25) is 9.78 Å². The molecule has 1 amide bonds. The summed E-state index contributed by atoms with van der Waals surface area (Å²) < 4.78 is 2.05. The number of pyridine rings is 1. The van der Waals surface area contributed by atoms with Crippen molar-refractivity contribution in [1.82, 2.24) is 19.7 Å². The van der Waals surface area contributed by atoms with Crippen LogP contribution >= 0.6 is 11.8 Å². The molecule has 1 unspecified atom stereocenters. The number of benzene rings is 1. The maximum atomic E-state index is 12.9. The van der Waals surface area contributed by atoms with Crippen LogP contribution in [0.15, 0.2) is 60.0 Å². The molecule has 138 valence electrons. The lowest BCUT2D eigenvalue weighted by molar-refractivity contribution is -0.116. The van der Waals surface area contributed by atoms with E-state index >= 15 is 0 Å². The first kappa shape index (κ1) is 17.7. The number of nitrogens with zero attached hydrogens (tertiary/aromatic N) is 4. The van der Waals surface area contributed by atoms with Gasteiger partial charge in [-0.2, -0.15) is 0 Å².